The molecule has 0 radical (unpaired) electrons. The zero-order valence-electron chi connectivity index (χ0n) is 11.3. The molecule has 2 N–H and O–H groups in total. The third-order valence-corrected chi connectivity index (χ3v) is 2.99. The van der Waals surface area contributed by atoms with Crippen LogP contribution >= 0.6 is 0 Å². The van der Waals surface area contributed by atoms with E-state index in [1.807, 2.05) is 18.5 Å². The van der Waals surface area contributed by atoms with Gasteiger partial charge in [-0.15, -0.1) is 0 Å². The summed E-state index contributed by atoms with van der Waals surface area (Å²) in [5.74, 6) is 1.94. The Morgan fingerprint density at radius 1 is 1.29 bits per heavy atom. The summed E-state index contributed by atoms with van der Waals surface area (Å²) in [6.45, 7) is 9.10. The van der Waals surface area contributed by atoms with Crippen LogP contribution in [-0.2, 0) is 18.9 Å². The number of nitrogens with two attached hydrogens (primary N) is 1. The minimum Gasteiger partial charge on any atom is -0.330 e. The number of aromatic nitrogens is 4. The molecule has 0 unspecified atom stereocenters. The van der Waals surface area contributed by atoms with Gasteiger partial charge in [-0.05, 0) is 13.5 Å². The van der Waals surface area contributed by atoms with Crippen molar-refractivity contribution in [3.05, 3.63) is 17.2 Å². The predicted molar refractivity (Wildman–Crippen MR) is 68.2 cm³/mol. The van der Waals surface area contributed by atoms with E-state index >= 15 is 0 Å². The predicted octanol–water partition coefficient (Wildman–Crippen LogP) is 1.17. The van der Waals surface area contributed by atoms with Gasteiger partial charge in [0.05, 0.1) is 11.4 Å². The molecular formula is C12H21N5. The molecule has 0 aliphatic heterocycles. The van der Waals surface area contributed by atoms with Gasteiger partial charge < -0.3 is 5.73 Å². The van der Waals surface area contributed by atoms with Crippen molar-refractivity contribution in [3.8, 4) is 0 Å². The summed E-state index contributed by atoms with van der Waals surface area (Å²) in [4.78, 5) is 4.57. The molecule has 0 spiro atoms. The van der Waals surface area contributed by atoms with Gasteiger partial charge >= 0.3 is 0 Å². The molecule has 2 aromatic rings. The smallest absolute Gasteiger partial charge is 0.232 e. The average Bonchev–Trinajstić information content (AvgIpc) is 2.67. The van der Waals surface area contributed by atoms with Crippen LogP contribution in [0.4, 0.5) is 0 Å². The Morgan fingerprint density at radius 3 is 2.47 bits per heavy atom. The number of imidazole rings is 1. The van der Waals surface area contributed by atoms with Crippen molar-refractivity contribution < 1.29 is 0 Å². The molecule has 0 bridgehead atoms. The van der Waals surface area contributed by atoms with Gasteiger partial charge in [-0.1, -0.05) is 20.8 Å². The van der Waals surface area contributed by atoms with Gasteiger partial charge in [0.25, 0.3) is 0 Å². The Kier molecular flexibility index (Phi) is 2.73. The van der Waals surface area contributed by atoms with Crippen LogP contribution in [0, 0.1) is 6.92 Å². The van der Waals surface area contributed by atoms with E-state index in [-0.39, 0.29) is 5.41 Å². The van der Waals surface area contributed by atoms with Crippen molar-refractivity contribution >= 4 is 5.78 Å². The molecular weight excluding hydrogens is 214 g/mol. The van der Waals surface area contributed by atoms with E-state index < -0.39 is 0 Å². The van der Waals surface area contributed by atoms with Crippen LogP contribution in [0.15, 0.2) is 0 Å². The second-order valence-corrected chi connectivity index (χ2v) is 5.53. The topological polar surface area (TPSA) is 61.1 Å². The van der Waals surface area contributed by atoms with E-state index in [1.165, 1.54) is 0 Å². The van der Waals surface area contributed by atoms with E-state index in [1.54, 1.807) is 0 Å². The van der Waals surface area contributed by atoms with E-state index in [9.17, 15) is 0 Å². The highest BCUT2D eigenvalue weighted by Gasteiger charge is 2.24. The number of hydrogen-bond donors (Lipinski definition) is 1. The number of hydrogen-bond acceptors (Lipinski definition) is 3. The number of nitrogens with zero attached hydrogens (tertiary/aromatic N) is 4. The molecule has 0 aliphatic rings. The first kappa shape index (κ1) is 12.1. The van der Waals surface area contributed by atoms with E-state index in [2.05, 4.69) is 35.4 Å². The number of rotatable bonds is 2. The van der Waals surface area contributed by atoms with Crippen LogP contribution in [0.1, 0.15) is 38.0 Å². The van der Waals surface area contributed by atoms with E-state index in [0.29, 0.717) is 6.54 Å². The van der Waals surface area contributed by atoms with Gasteiger partial charge in [-0.25, -0.2) is 9.50 Å². The van der Waals surface area contributed by atoms with E-state index in [0.717, 1.165) is 29.4 Å². The summed E-state index contributed by atoms with van der Waals surface area (Å²) in [6, 6.07) is 0. The van der Waals surface area contributed by atoms with Gasteiger partial charge in [0.1, 0.15) is 5.82 Å². The van der Waals surface area contributed by atoms with Crippen LogP contribution in [0.3, 0.4) is 0 Å². The Hall–Kier alpha value is -1.36. The van der Waals surface area contributed by atoms with Crippen LogP contribution in [0.25, 0.3) is 5.78 Å². The SMILES string of the molecule is Cc1nc2n(C)c(C(C)(C)C)nn2c1CCN. The zero-order chi connectivity index (χ0) is 12.8. The molecule has 0 saturated carbocycles. The molecule has 0 atom stereocenters. The lowest BCUT2D eigenvalue weighted by atomic mass is 9.96. The van der Waals surface area contributed by atoms with Crippen molar-refractivity contribution in [1.29, 1.82) is 0 Å². The first-order valence-corrected chi connectivity index (χ1v) is 5.97. The largest absolute Gasteiger partial charge is 0.330 e. The summed E-state index contributed by atoms with van der Waals surface area (Å²) >= 11 is 0. The molecule has 2 aromatic heterocycles. The lowest BCUT2D eigenvalue weighted by Crippen LogP contribution is -2.18. The molecule has 94 valence electrons. The van der Waals surface area contributed by atoms with E-state index in [4.69, 9.17) is 5.73 Å². The Balaban J connectivity index is 2.67. The third kappa shape index (κ3) is 1.84. The van der Waals surface area contributed by atoms with Gasteiger partial charge in [0, 0.05) is 18.9 Å². The quantitative estimate of drug-likeness (QED) is 0.850. The molecule has 0 aliphatic carbocycles. The molecule has 2 heterocycles. The van der Waals surface area contributed by atoms with Gasteiger partial charge in [-0.3, -0.25) is 4.57 Å². The first-order chi connectivity index (χ1) is 7.86. The molecule has 17 heavy (non-hydrogen) atoms. The molecule has 0 fully saturated rings. The highest BCUT2D eigenvalue weighted by molar-refractivity contribution is 5.37. The van der Waals surface area contributed by atoms with Crippen molar-refractivity contribution in [2.75, 3.05) is 6.54 Å². The molecule has 0 saturated heterocycles. The second-order valence-electron chi connectivity index (χ2n) is 5.53. The lowest BCUT2D eigenvalue weighted by molar-refractivity contribution is 0.518. The highest BCUT2D eigenvalue weighted by atomic mass is 15.4. The van der Waals surface area contributed by atoms with Crippen molar-refractivity contribution in [1.82, 2.24) is 19.2 Å². The van der Waals surface area contributed by atoms with Crippen LogP contribution in [0.2, 0.25) is 0 Å². The number of fused-ring (bicyclic) bond motifs is 1. The fraction of sp³-hybridized carbons (Fsp3) is 0.667. The zero-order valence-corrected chi connectivity index (χ0v) is 11.3. The fourth-order valence-electron chi connectivity index (χ4n) is 2.19. The van der Waals surface area contributed by atoms with Crippen LogP contribution in [0.5, 0.6) is 0 Å². The molecule has 2 rings (SSSR count). The van der Waals surface area contributed by atoms with Crippen LogP contribution in [-0.4, -0.2) is 25.7 Å². The summed E-state index contributed by atoms with van der Waals surface area (Å²) in [7, 11) is 2.02. The normalized spacial score (nSPS) is 12.6. The van der Waals surface area contributed by atoms with Crippen molar-refractivity contribution in [2.45, 2.75) is 39.5 Å². The molecule has 5 nitrogen and oxygen atoms in total. The van der Waals surface area contributed by atoms with Gasteiger partial charge in [-0.2, -0.15) is 5.10 Å². The molecule has 5 heteroatoms. The minimum atomic E-state index is 0.0172. The Bertz CT molecular complexity index is 541. The third-order valence-electron chi connectivity index (χ3n) is 2.99. The highest BCUT2D eigenvalue weighted by Crippen LogP contribution is 2.23. The molecule has 0 aromatic carbocycles. The minimum absolute atomic E-state index is 0.0172. The molecule has 0 amide bonds. The monoisotopic (exact) mass is 235 g/mol. The maximum absolute atomic E-state index is 5.63. The standard InChI is InChI=1S/C12H21N5/c1-8-9(6-7-13)17-11(14-8)16(5)10(15-17)12(2,3)4/h6-7,13H2,1-5H3. The Morgan fingerprint density at radius 2 is 1.94 bits per heavy atom. The van der Waals surface area contributed by atoms with Gasteiger partial charge in [0.15, 0.2) is 0 Å². The van der Waals surface area contributed by atoms with Crippen molar-refractivity contribution in [2.24, 2.45) is 12.8 Å². The second kappa shape index (κ2) is 3.84. The number of aryl methyl sites for hydroxylation is 2. The maximum atomic E-state index is 5.63. The Labute approximate surface area is 102 Å². The van der Waals surface area contributed by atoms with Gasteiger partial charge in [0.2, 0.25) is 5.78 Å². The summed E-state index contributed by atoms with van der Waals surface area (Å²) in [5, 5.41) is 4.68. The lowest BCUT2D eigenvalue weighted by Gasteiger charge is -2.16. The van der Waals surface area contributed by atoms with Crippen molar-refractivity contribution in [3.63, 3.8) is 0 Å². The van der Waals surface area contributed by atoms with Crippen LogP contribution < -0.4 is 5.73 Å². The average molecular weight is 235 g/mol. The summed E-state index contributed by atoms with van der Waals surface area (Å²) < 4.78 is 4.00. The summed E-state index contributed by atoms with van der Waals surface area (Å²) in [5.41, 5.74) is 7.79. The first-order valence-electron chi connectivity index (χ1n) is 5.97. The summed E-state index contributed by atoms with van der Waals surface area (Å²) in [6.07, 6.45) is 0.813. The fourth-order valence-corrected chi connectivity index (χ4v) is 2.19. The maximum Gasteiger partial charge on any atom is 0.232 e.